The van der Waals surface area contributed by atoms with Gasteiger partial charge in [-0.15, -0.1) is 0 Å². The topological polar surface area (TPSA) is 77.7 Å². The van der Waals surface area contributed by atoms with Crippen molar-refractivity contribution in [3.8, 4) is 22.9 Å². The first kappa shape index (κ1) is 19.4. The maximum atomic E-state index is 12.4. The molecule has 0 spiro atoms. The van der Waals surface area contributed by atoms with Crippen molar-refractivity contribution in [3.63, 3.8) is 0 Å². The van der Waals surface area contributed by atoms with E-state index in [4.69, 9.17) is 14.0 Å². The molecule has 1 aromatic heterocycles. The fourth-order valence-electron chi connectivity index (χ4n) is 2.80. The zero-order valence-corrected chi connectivity index (χ0v) is 16.2. The van der Waals surface area contributed by atoms with Crippen LogP contribution in [0.2, 0.25) is 0 Å². The molecule has 28 heavy (non-hydrogen) atoms. The molecule has 0 bridgehead atoms. The Kier molecular flexibility index (Phi) is 6.26. The lowest BCUT2D eigenvalue weighted by molar-refractivity contribution is -0.130. The minimum Gasteiger partial charge on any atom is -0.493 e. The van der Waals surface area contributed by atoms with Crippen molar-refractivity contribution in [3.05, 3.63) is 60.0 Å². The second kappa shape index (κ2) is 9.03. The molecule has 0 aliphatic heterocycles. The first-order valence-electron chi connectivity index (χ1n) is 8.93. The van der Waals surface area contributed by atoms with E-state index in [9.17, 15) is 4.79 Å². The highest BCUT2D eigenvalue weighted by atomic mass is 16.5. The molecule has 1 amide bonds. The summed E-state index contributed by atoms with van der Waals surface area (Å²) in [7, 11) is 4.94. The van der Waals surface area contributed by atoms with Crippen molar-refractivity contribution in [2.24, 2.45) is 0 Å². The second-order valence-corrected chi connectivity index (χ2v) is 6.32. The number of carbonyl (C=O) groups excluding carboxylic acids is 1. The lowest BCUT2D eigenvalue weighted by atomic mass is 10.2. The van der Waals surface area contributed by atoms with E-state index in [-0.39, 0.29) is 5.91 Å². The van der Waals surface area contributed by atoms with Crippen molar-refractivity contribution in [2.45, 2.75) is 19.4 Å². The van der Waals surface area contributed by atoms with E-state index in [2.05, 4.69) is 10.1 Å². The van der Waals surface area contributed by atoms with Gasteiger partial charge in [0.05, 0.1) is 14.2 Å². The molecule has 0 aliphatic rings. The number of hydrogen-bond donors (Lipinski definition) is 0. The first-order valence-corrected chi connectivity index (χ1v) is 8.93. The molecule has 3 aromatic rings. The van der Waals surface area contributed by atoms with Gasteiger partial charge in [0.2, 0.25) is 17.6 Å². The predicted octanol–water partition coefficient (Wildman–Crippen LogP) is 3.35. The molecule has 2 aromatic carbocycles. The van der Waals surface area contributed by atoms with E-state index in [0.29, 0.717) is 42.6 Å². The summed E-state index contributed by atoms with van der Waals surface area (Å²) in [6, 6.07) is 15.3. The van der Waals surface area contributed by atoms with E-state index in [1.807, 2.05) is 36.4 Å². The number of benzene rings is 2. The van der Waals surface area contributed by atoms with E-state index >= 15 is 0 Å². The highest BCUT2D eigenvalue weighted by molar-refractivity contribution is 5.76. The van der Waals surface area contributed by atoms with Gasteiger partial charge in [0.25, 0.3) is 0 Å². The molecule has 0 fully saturated rings. The third-order valence-electron chi connectivity index (χ3n) is 4.35. The molecule has 0 unspecified atom stereocenters. The van der Waals surface area contributed by atoms with Crippen LogP contribution >= 0.6 is 0 Å². The quantitative estimate of drug-likeness (QED) is 0.595. The van der Waals surface area contributed by atoms with Crippen molar-refractivity contribution < 1.29 is 18.8 Å². The number of aryl methyl sites for hydroxylation is 1. The van der Waals surface area contributed by atoms with Gasteiger partial charge in [-0.05, 0) is 23.8 Å². The maximum Gasteiger partial charge on any atom is 0.227 e. The molecule has 3 rings (SSSR count). The standard InChI is InChI=1S/C21H23N3O4/c1-24(14-15-7-5-4-6-8-15)20(25)12-11-19-22-21(23-28-19)16-9-10-17(26-2)18(13-16)27-3/h4-10,13H,11-12,14H2,1-3H3. The summed E-state index contributed by atoms with van der Waals surface area (Å²) in [5.41, 5.74) is 1.84. The minimum atomic E-state index is 0.0229. The van der Waals surface area contributed by atoms with Gasteiger partial charge < -0.3 is 18.9 Å². The molecular formula is C21H23N3O4. The summed E-state index contributed by atoms with van der Waals surface area (Å²) in [4.78, 5) is 18.4. The molecule has 1 heterocycles. The van der Waals surface area contributed by atoms with Crippen LogP contribution in [0, 0.1) is 0 Å². The van der Waals surface area contributed by atoms with Gasteiger partial charge in [0.15, 0.2) is 11.5 Å². The molecule has 0 N–H and O–H groups in total. The van der Waals surface area contributed by atoms with Crippen LogP contribution in [0.1, 0.15) is 17.9 Å². The smallest absolute Gasteiger partial charge is 0.227 e. The number of aromatic nitrogens is 2. The van der Waals surface area contributed by atoms with Crippen LogP contribution in [0.3, 0.4) is 0 Å². The van der Waals surface area contributed by atoms with Crippen LogP contribution in [-0.2, 0) is 17.8 Å². The molecule has 0 saturated heterocycles. The van der Waals surface area contributed by atoms with Gasteiger partial charge in [-0.3, -0.25) is 4.79 Å². The largest absolute Gasteiger partial charge is 0.493 e. The van der Waals surface area contributed by atoms with E-state index in [1.165, 1.54) is 0 Å². The number of methoxy groups -OCH3 is 2. The van der Waals surface area contributed by atoms with E-state index in [1.54, 1.807) is 38.3 Å². The van der Waals surface area contributed by atoms with E-state index in [0.717, 1.165) is 11.1 Å². The normalized spacial score (nSPS) is 10.5. The number of hydrogen-bond acceptors (Lipinski definition) is 6. The zero-order valence-electron chi connectivity index (χ0n) is 16.2. The third kappa shape index (κ3) is 4.68. The Morgan fingerprint density at radius 2 is 1.82 bits per heavy atom. The molecule has 0 saturated carbocycles. The number of nitrogens with zero attached hydrogens (tertiary/aromatic N) is 3. The second-order valence-electron chi connectivity index (χ2n) is 6.32. The van der Waals surface area contributed by atoms with Crippen LogP contribution in [0.25, 0.3) is 11.4 Å². The van der Waals surface area contributed by atoms with Crippen molar-refractivity contribution in [1.82, 2.24) is 15.0 Å². The van der Waals surface area contributed by atoms with Gasteiger partial charge in [-0.2, -0.15) is 4.98 Å². The predicted molar refractivity (Wildman–Crippen MR) is 104 cm³/mol. The Morgan fingerprint density at radius 1 is 1.07 bits per heavy atom. The van der Waals surface area contributed by atoms with Gasteiger partial charge in [0.1, 0.15) is 0 Å². The number of carbonyl (C=O) groups is 1. The summed E-state index contributed by atoms with van der Waals surface area (Å²) in [6.45, 7) is 0.570. The van der Waals surface area contributed by atoms with Gasteiger partial charge in [-0.25, -0.2) is 0 Å². The van der Waals surface area contributed by atoms with Gasteiger partial charge in [0, 0.05) is 32.0 Å². The lowest BCUT2D eigenvalue weighted by Crippen LogP contribution is -2.26. The van der Waals surface area contributed by atoms with Crippen LogP contribution in [0.5, 0.6) is 11.5 Å². The average Bonchev–Trinajstić information content (AvgIpc) is 3.21. The Hall–Kier alpha value is -3.35. The Balaban J connectivity index is 1.59. The van der Waals surface area contributed by atoms with Crippen LogP contribution in [0.4, 0.5) is 0 Å². The van der Waals surface area contributed by atoms with Crippen molar-refractivity contribution in [1.29, 1.82) is 0 Å². The summed E-state index contributed by atoms with van der Waals surface area (Å²) in [6.07, 6.45) is 0.690. The maximum absolute atomic E-state index is 12.4. The molecular weight excluding hydrogens is 358 g/mol. The monoisotopic (exact) mass is 381 g/mol. The Morgan fingerprint density at radius 3 is 2.54 bits per heavy atom. The van der Waals surface area contributed by atoms with Gasteiger partial charge >= 0.3 is 0 Å². The highest BCUT2D eigenvalue weighted by Gasteiger charge is 2.15. The van der Waals surface area contributed by atoms with Crippen LogP contribution in [0.15, 0.2) is 53.1 Å². The third-order valence-corrected chi connectivity index (χ3v) is 4.35. The minimum absolute atomic E-state index is 0.0229. The lowest BCUT2D eigenvalue weighted by Gasteiger charge is -2.16. The SMILES string of the molecule is COc1ccc(-c2noc(CCC(=O)N(C)Cc3ccccc3)n2)cc1OC. The number of ether oxygens (including phenoxy) is 2. The number of amides is 1. The Labute approximate surface area is 163 Å². The number of rotatable bonds is 8. The van der Waals surface area contributed by atoms with Crippen LogP contribution in [-0.4, -0.2) is 42.2 Å². The van der Waals surface area contributed by atoms with E-state index < -0.39 is 0 Å². The summed E-state index contributed by atoms with van der Waals surface area (Å²) < 4.78 is 15.8. The average molecular weight is 381 g/mol. The molecule has 7 heteroatoms. The molecule has 7 nitrogen and oxygen atoms in total. The molecule has 146 valence electrons. The zero-order chi connectivity index (χ0) is 19.9. The highest BCUT2D eigenvalue weighted by Crippen LogP contribution is 2.31. The first-order chi connectivity index (χ1) is 13.6. The van der Waals surface area contributed by atoms with Gasteiger partial charge in [-0.1, -0.05) is 35.5 Å². The fourth-order valence-corrected chi connectivity index (χ4v) is 2.80. The summed E-state index contributed by atoms with van der Waals surface area (Å²) in [5.74, 6) is 2.10. The van der Waals surface area contributed by atoms with Crippen molar-refractivity contribution in [2.75, 3.05) is 21.3 Å². The molecule has 0 radical (unpaired) electrons. The molecule has 0 atom stereocenters. The Bertz CT molecular complexity index is 924. The van der Waals surface area contributed by atoms with Crippen molar-refractivity contribution >= 4 is 5.91 Å². The fraction of sp³-hybridized carbons (Fsp3) is 0.286. The summed E-state index contributed by atoms with van der Waals surface area (Å²) >= 11 is 0. The molecule has 0 aliphatic carbocycles. The van der Waals surface area contributed by atoms with Crippen LogP contribution < -0.4 is 9.47 Å². The summed E-state index contributed by atoms with van der Waals surface area (Å²) in [5, 5.41) is 4.00.